The molecule has 0 aromatic heterocycles. The lowest BCUT2D eigenvalue weighted by Crippen LogP contribution is -2.36. The molecule has 0 fully saturated rings. The molecule has 0 heterocycles. The van der Waals surface area contributed by atoms with Crippen molar-refractivity contribution in [2.24, 2.45) is 5.92 Å². The van der Waals surface area contributed by atoms with Crippen LogP contribution in [0.2, 0.25) is 0 Å². The molecule has 0 aliphatic rings. The predicted octanol–water partition coefficient (Wildman–Crippen LogP) is 2.96. The molecule has 0 saturated heterocycles. The molecule has 4 nitrogen and oxygen atoms in total. The Balaban J connectivity index is 2.27. The largest absolute Gasteiger partial charge is 0.354 e. The summed E-state index contributed by atoms with van der Waals surface area (Å²) in [7, 11) is 0. The Hall–Kier alpha value is -1.49. The summed E-state index contributed by atoms with van der Waals surface area (Å²) in [5, 5.41) is 5.58. The van der Waals surface area contributed by atoms with E-state index in [0.717, 1.165) is 4.90 Å². The van der Waals surface area contributed by atoms with Crippen LogP contribution in [0.5, 0.6) is 0 Å². The van der Waals surface area contributed by atoms with Gasteiger partial charge in [-0.15, -0.1) is 11.8 Å². The first-order valence-electron chi connectivity index (χ1n) is 7.98. The first kappa shape index (κ1) is 19.6. The van der Waals surface area contributed by atoms with Gasteiger partial charge in [-0.25, -0.2) is 0 Å². The van der Waals surface area contributed by atoms with Crippen molar-refractivity contribution in [3.05, 3.63) is 29.8 Å². The molecule has 128 valence electrons. The van der Waals surface area contributed by atoms with Crippen LogP contribution in [0.4, 0.5) is 0 Å². The summed E-state index contributed by atoms with van der Waals surface area (Å²) in [5.41, 5.74) is 1.42. The molecule has 0 spiro atoms. The number of carbonyl (C=O) groups excluding carboxylic acids is 2. The Morgan fingerprint density at radius 1 is 1.04 bits per heavy atom. The molecule has 1 aromatic rings. The monoisotopic (exact) mass is 336 g/mol. The van der Waals surface area contributed by atoms with Crippen molar-refractivity contribution in [1.29, 1.82) is 0 Å². The van der Waals surface area contributed by atoms with Crippen LogP contribution in [0, 0.1) is 5.92 Å². The minimum Gasteiger partial charge on any atom is -0.354 e. The number of hydrogen-bond donors (Lipinski definition) is 2. The molecular weight excluding hydrogens is 308 g/mol. The molecule has 23 heavy (non-hydrogen) atoms. The second kappa shape index (κ2) is 8.96. The van der Waals surface area contributed by atoms with E-state index in [1.54, 1.807) is 0 Å². The van der Waals surface area contributed by atoms with Crippen LogP contribution in [-0.4, -0.2) is 30.7 Å². The fraction of sp³-hybridized carbons (Fsp3) is 0.556. The van der Waals surface area contributed by atoms with E-state index in [1.165, 1.54) is 17.3 Å². The van der Waals surface area contributed by atoms with Crippen molar-refractivity contribution in [2.75, 3.05) is 18.8 Å². The lowest BCUT2D eigenvalue weighted by atomic mass is 9.87. The second-order valence-electron chi connectivity index (χ2n) is 6.86. The molecule has 0 aliphatic heterocycles. The second-order valence-corrected chi connectivity index (χ2v) is 7.91. The third kappa shape index (κ3) is 7.55. The number of nitrogens with one attached hydrogen (secondary N) is 2. The zero-order valence-electron chi connectivity index (χ0n) is 14.7. The van der Waals surface area contributed by atoms with Crippen molar-refractivity contribution < 1.29 is 9.59 Å². The number of thioether (sulfide) groups is 1. The van der Waals surface area contributed by atoms with Gasteiger partial charge in [-0.05, 0) is 23.1 Å². The third-order valence-electron chi connectivity index (χ3n) is 3.36. The highest BCUT2D eigenvalue weighted by molar-refractivity contribution is 8.00. The van der Waals surface area contributed by atoms with Crippen molar-refractivity contribution in [3.63, 3.8) is 0 Å². The van der Waals surface area contributed by atoms with E-state index >= 15 is 0 Å². The quantitative estimate of drug-likeness (QED) is 0.594. The first-order chi connectivity index (χ1) is 10.7. The standard InChI is InChI=1S/C18H28N2O2S/c1-13(2)17(22)20-11-10-19-16(21)12-23-15-8-6-14(7-9-15)18(3,4)5/h6-9,13H,10-12H2,1-5H3,(H,19,21)(H,20,22). The normalized spacial score (nSPS) is 11.4. The number of carbonyl (C=O) groups is 2. The first-order valence-corrected chi connectivity index (χ1v) is 8.96. The van der Waals surface area contributed by atoms with Crippen LogP contribution in [0.15, 0.2) is 29.2 Å². The molecule has 0 atom stereocenters. The molecule has 0 bridgehead atoms. The highest BCUT2D eigenvalue weighted by Gasteiger charge is 2.13. The minimum absolute atomic E-state index is 0.00700. The maximum Gasteiger partial charge on any atom is 0.230 e. The molecule has 2 amide bonds. The van der Waals surface area contributed by atoms with Crippen LogP contribution in [0.3, 0.4) is 0 Å². The third-order valence-corrected chi connectivity index (χ3v) is 4.37. The average molecular weight is 337 g/mol. The SMILES string of the molecule is CC(C)C(=O)NCCNC(=O)CSc1ccc(C(C)(C)C)cc1. The van der Waals surface area contributed by atoms with Crippen LogP contribution in [0.25, 0.3) is 0 Å². The van der Waals surface area contributed by atoms with E-state index in [1.807, 2.05) is 13.8 Å². The molecule has 1 rings (SSSR count). The summed E-state index contributed by atoms with van der Waals surface area (Å²) < 4.78 is 0. The van der Waals surface area contributed by atoms with Crippen LogP contribution >= 0.6 is 11.8 Å². The number of amides is 2. The summed E-state index contributed by atoms with van der Waals surface area (Å²) in [5.74, 6) is 0.339. The number of hydrogen-bond acceptors (Lipinski definition) is 3. The van der Waals surface area contributed by atoms with Crippen molar-refractivity contribution in [1.82, 2.24) is 10.6 Å². The topological polar surface area (TPSA) is 58.2 Å². The molecule has 0 saturated carbocycles. The zero-order chi connectivity index (χ0) is 17.5. The lowest BCUT2D eigenvalue weighted by molar-refractivity contribution is -0.124. The summed E-state index contributed by atoms with van der Waals surface area (Å²) in [6.07, 6.45) is 0. The molecule has 0 aliphatic carbocycles. The highest BCUT2D eigenvalue weighted by atomic mass is 32.2. The molecule has 1 aromatic carbocycles. The van der Waals surface area contributed by atoms with Gasteiger partial charge in [-0.2, -0.15) is 0 Å². The van der Waals surface area contributed by atoms with Crippen molar-refractivity contribution in [2.45, 2.75) is 44.9 Å². The Morgan fingerprint density at radius 3 is 2.13 bits per heavy atom. The summed E-state index contributed by atoms with van der Waals surface area (Å²) in [4.78, 5) is 24.2. The van der Waals surface area contributed by atoms with E-state index in [-0.39, 0.29) is 23.1 Å². The Morgan fingerprint density at radius 2 is 1.61 bits per heavy atom. The molecular formula is C18H28N2O2S. The molecule has 5 heteroatoms. The van der Waals surface area contributed by atoms with Crippen LogP contribution in [-0.2, 0) is 15.0 Å². The van der Waals surface area contributed by atoms with E-state index in [2.05, 4.69) is 55.7 Å². The van der Waals surface area contributed by atoms with Crippen molar-refractivity contribution >= 4 is 23.6 Å². The number of rotatable bonds is 7. The molecule has 0 unspecified atom stereocenters. The fourth-order valence-electron chi connectivity index (χ4n) is 1.84. The summed E-state index contributed by atoms with van der Waals surface area (Å²) in [6.45, 7) is 11.2. The van der Waals surface area contributed by atoms with Gasteiger partial charge < -0.3 is 10.6 Å². The zero-order valence-corrected chi connectivity index (χ0v) is 15.5. The lowest BCUT2D eigenvalue weighted by Gasteiger charge is -2.19. The Kier molecular flexibility index (Phi) is 7.62. The highest BCUT2D eigenvalue weighted by Crippen LogP contribution is 2.25. The Labute approximate surface area is 143 Å². The van der Waals surface area contributed by atoms with Crippen molar-refractivity contribution in [3.8, 4) is 0 Å². The Bertz CT molecular complexity index is 519. The van der Waals surface area contributed by atoms with Gasteiger partial charge >= 0.3 is 0 Å². The minimum atomic E-state index is -0.0303. The van der Waals surface area contributed by atoms with Gasteiger partial charge in [0.1, 0.15) is 0 Å². The van der Waals surface area contributed by atoms with E-state index in [0.29, 0.717) is 18.8 Å². The summed E-state index contributed by atoms with van der Waals surface area (Å²) >= 11 is 1.52. The fourth-order valence-corrected chi connectivity index (χ4v) is 2.57. The van der Waals surface area contributed by atoms with Gasteiger partial charge in [0.15, 0.2) is 0 Å². The average Bonchev–Trinajstić information content (AvgIpc) is 2.48. The van der Waals surface area contributed by atoms with Gasteiger partial charge in [-0.3, -0.25) is 9.59 Å². The van der Waals surface area contributed by atoms with E-state index in [9.17, 15) is 9.59 Å². The van der Waals surface area contributed by atoms with Crippen LogP contribution < -0.4 is 10.6 Å². The van der Waals surface area contributed by atoms with Gasteiger partial charge in [0.2, 0.25) is 11.8 Å². The predicted molar refractivity (Wildman–Crippen MR) is 96.7 cm³/mol. The molecule has 2 N–H and O–H groups in total. The van der Waals surface area contributed by atoms with Gasteiger partial charge in [0.05, 0.1) is 5.75 Å². The van der Waals surface area contributed by atoms with E-state index < -0.39 is 0 Å². The van der Waals surface area contributed by atoms with E-state index in [4.69, 9.17) is 0 Å². The summed E-state index contributed by atoms with van der Waals surface area (Å²) in [6, 6.07) is 8.34. The molecule has 0 radical (unpaired) electrons. The maximum absolute atomic E-state index is 11.8. The van der Waals surface area contributed by atoms with Gasteiger partial charge in [-0.1, -0.05) is 46.8 Å². The maximum atomic E-state index is 11.8. The van der Waals surface area contributed by atoms with Gasteiger partial charge in [0, 0.05) is 23.9 Å². The number of benzene rings is 1. The smallest absolute Gasteiger partial charge is 0.230 e. The van der Waals surface area contributed by atoms with Gasteiger partial charge in [0.25, 0.3) is 0 Å². The van der Waals surface area contributed by atoms with Crippen LogP contribution in [0.1, 0.15) is 40.2 Å².